The second-order valence-corrected chi connectivity index (χ2v) is 7.56. The normalized spacial score (nSPS) is 10.7. The zero-order valence-corrected chi connectivity index (χ0v) is 17.2. The highest BCUT2D eigenvalue weighted by Gasteiger charge is 2.21. The van der Waals surface area contributed by atoms with Gasteiger partial charge in [0.1, 0.15) is 0 Å². The van der Waals surface area contributed by atoms with Crippen molar-refractivity contribution in [2.45, 2.75) is 24.4 Å². The molecule has 0 fully saturated rings. The average Bonchev–Trinajstić information content (AvgIpc) is 3.22. The molecule has 2 heterocycles. The van der Waals surface area contributed by atoms with Gasteiger partial charge >= 0.3 is 0 Å². The number of aromatic nitrogens is 5. The average molecular weight is 417 g/mol. The first-order chi connectivity index (χ1) is 14.7. The van der Waals surface area contributed by atoms with Crippen molar-refractivity contribution in [3.05, 3.63) is 95.6 Å². The zero-order valence-electron chi connectivity index (χ0n) is 16.4. The molecule has 1 N–H and O–H groups in total. The first-order valence-corrected chi connectivity index (χ1v) is 10.4. The van der Waals surface area contributed by atoms with Gasteiger partial charge in [0.15, 0.2) is 10.9 Å². The third-order valence-corrected chi connectivity index (χ3v) is 5.32. The maximum Gasteiger partial charge on any atom is 0.274 e. The third kappa shape index (κ3) is 4.72. The quantitative estimate of drug-likeness (QED) is 0.366. The van der Waals surface area contributed by atoms with Gasteiger partial charge in [-0.15, -0.1) is 5.10 Å². The number of carbonyl (C=O) groups is 1. The van der Waals surface area contributed by atoms with Gasteiger partial charge in [-0.1, -0.05) is 65.0 Å². The Morgan fingerprint density at radius 1 is 1.00 bits per heavy atom. The minimum Gasteiger partial charge on any atom is -0.347 e. The molecule has 0 atom stereocenters. The summed E-state index contributed by atoms with van der Waals surface area (Å²) in [6.45, 7) is 2.45. The summed E-state index contributed by atoms with van der Waals surface area (Å²) in [5.41, 5.74) is 4.01. The molecule has 8 heteroatoms. The van der Waals surface area contributed by atoms with Crippen molar-refractivity contribution in [1.82, 2.24) is 30.3 Å². The molecular weight excluding hydrogens is 396 g/mol. The van der Waals surface area contributed by atoms with E-state index in [0.717, 1.165) is 16.8 Å². The van der Waals surface area contributed by atoms with E-state index in [2.05, 4.69) is 25.6 Å². The summed E-state index contributed by atoms with van der Waals surface area (Å²) in [6, 6.07) is 19.5. The molecule has 0 aliphatic heterocycles. The van der Waals surface area contributed by atoms with Crippen LogP contribution in [0.4, 0.5) is 0 Å². The van der Waals surface area contributed by atoms with Gasteiger partial charge in [-0.2, -0.15) is 0 Å². The van der Waals surface area contributed by atoms with Crippen LogP contribution in [0.1, 0.15) is 27.3 Å². The van der Waals surface area contributed by atoms with Crippen LogP contribution in [0, 0.1) is 6.92 Å². The topological polar surface area (TPSA) is 85.6 Å². The molecule has 0 spiro atoms. The highest BCUT2D eigenvalue weighted by molar-refractivity contribution is 7.98. The number of nitrogens with zero attached hydrogens (tertiary/aromatic N) is 5. The second-order valence-electron chi connectivity index (χ2n) is 6.62. The fourth-order valence-corrected chi connectivity index (χ4v) is 3.65. The number of aryl methyl sites for hydroxylation is 1. The minimum absolute atomic E-state index is 0.262. The van der Waals surface area contributed by atoms with E-state index in [-0.39, 0.29) is 5.91 Å². The molecule has 0 radical (unpaired) electrons. The highest BCUT2D eigenvalue weighted by Crippen LogP contribution is 2.23. The maximum atomic E-state index is 12.9. The first-order valence-electron chi connectivity index (χ1n) is 9.44. The lowest BCUT2D eigenvalue weighted by Gasteiger charge is -2.09. The number of nitrogens with one attached hydrogen (secondary N) is 1. The Hall–Kier alpha value is -3.52. The van der Waals surface area contributed by atoms with Crippen LogP contribution in [0.2, 0.25) is 0 Å². The molecule has 1 amide bonds. The van der Waals surface area contributed by atoms with Crippen LogP contribution in [0.15, 0.2) is 78.2 Å². The Morgan fingerprint density at radius 2 is 1.73 bits per heavy atom. The van der Waals surface area contributed by atoms with Crippen LogP contribution in [0.3, 0.4) is 0 Å². The van der Waals surface area contributed by atoms with Gasteiger partial charge in [0.05, 0.1) is 11.4 Å². The fraction of sp³-hybridized carbons (Fsp3) is 0.136. The predicted molar refractivity (Wildman–Crippen MR) is 115 cm³/mol. The number of amides is 1. The molecule has 0 saturated heterocycles. The van der Waals surface area contributed by atoms with Crippen molar-refractivity contribution < 1.29 is 4.79 Å². The van der Waals surface area contributed by atoms with Crippen molar-refractivity contribution >= 4 is 17.7 Å². The summed E-state index contributed by atoms with van der Waals surface area (Å²) in [7, 11) is 0. The minimum atomic E-state index is -0.262. The molecular formula is C22H20N6OS. The van der Waals surface area contributed by atoms with Gasteiger partial charge in [0, 0.05) is 24.7 Å². The van der Waals surface area contributed by atoms with Crippen molar-refractivity contribution in [1.29, 1.82) is 0 Å². The van der Waals surface area contributed by atoms with Crippen LogP contribution < -0.4 is 5.32 Å². The van der Waals surface area contributed by atoms with Crippen molar-refractivity contribution in [2.75, 3.05) is 0 Å². The Balaban J connectivity index is 1.60. The van der Waals surface area contributed by atoms with Crippen LogP contribution in [0.25, 0.3) is 5.69 Å². The molecule has 0 unspecified atom stereocenters. The number of carbonyl (C=O) groups excluding carboxylic acids is 1. The largest absolute Gasteiger partial charge is 0.347 e. The van der Waals surface area contributed by atoms with E-state index in [1.807, 2.05) is 61.5 Å². The Morgan fingerprint density at radius 3 is 2.47 bits per heavy atom. The monoisotopic (exact) mass is 416 g/mol. The van der Waals surface area contributed by atoms with E-state index in [9.17, 15) is 4.79 Å². The number of hydrogen-bond acceptors (Lipinski definition) is 6. The molecule has 7 nitrogen and oxygen atoms in total. The van der Waals surface area contributed by atoms with E-state index in [1.165, 1.54) is 11.8 Å². The van der Waals surface area contributed by atoms with Crippen LogP contribution in [0.5, 0.6) is 0 Å². The molecule has 0 aliphatic rings. The molecule has 4 rings (SSSR count). The van der Waals surface area contributed by atoms with Gasteiger partial charge in [0.25, 0.3) is 5.91 Å². The van der Waals surface area contributed by atoms with Gasteiger partial charge in [-0.25, -0.2) is 14.6 Å². The number of rotatable bonds is 7. The molecule has 0 saturated carbocycles. The summed E-state index contributed by atoms with van der Waals surface area (Å²) >= 11 is 1.43. The molecule has 2 aromatic carbocycles. The van der Waals surface area contributed by atoms with E-state index in [4.69, 9.17) is 0 Å². The number of thioether (sulfide) groups is 1. The van der Waals surface area contributed by atoms with Gasteiger partial charge in [-0.3, -0.25) is 4.79 Å². The first kappa shape index (κ1) is 19.8. The number of hydrogen-bond donors (Lipinski definition) is 1. The lowest BCUT2D eigenvalue weighted by Crippen LogP contribution is -2.24. The highest BCUT2D eigenvalue weighted by atomic mass is 32.2. The van der Waals surface area contributed by atoms with Gasteiger partial charge in [-0.05, 0) is 30.7 Å². The summed E-state index contributed by atoms with van der Waals surface area (Å²) in [5, 5.41) is 12.0. The predicted octanol–water partition coefficient (Wildman–Crippen LogP) is 3.59. The van der Waals surface area contributed by atoms with Crippen molar-refractivity contribution in [3.8, 4) is 5.69 Å². The van der Waals surface area contributed by atoms with Crippen LogP contribution in [-0.4, -0.2) is 30.9 Å². The standard InChI is InChI=1S/C22H20N6OS/c1-16-8-10-18(11-9-16)28-19(15-30-22-23-12-5-13-24-22)20(26-27-28)21(29)25-14-17-6-3-2-4-7-17/h2-13H,14-15H2,1H3,(H,25,29). The summed E-state index contributed by atoms with van der Waals surface area (Å²) in [6.07, 6.45) is 3.39. The maximum absolute atomic E-state index is 12.9. The Labute approximate surface area is 178 Å². The third-order valence-electron chi connectivity index (χ3n) is 4.43. The van der Waals surface area contributed by atoms with Crippen molar-refractivity contribution in [2.24, 2.45) is 0 Å². The molecule has 30 heavy (non-hydrogen) atoms. The second kappa shape index (κ2) is 9.32. The zero-order chi connectivity index (χ0) is 20.8. The Bertz CT molecular complexity index is 1110. The molecule has 150 valence electrons. The lowest BCUT2D eigenvalue weighted by atomic mass is 10.2. The van der Waals surface area contributed by atoms with E-state index in [1.54, 1.807) is 23.1 Å². The summed E-state index contributed by atoms with van der Waals surface area (Å²) in [4.78, 5) is 21.4. The molecule has 0 aliphatic carbocycles. The van der Waals surface area contributed by atoms with E-state index < -0.39 is 0 Å². The van der Waals surface area contributed by atoms with Crippen LogP contribution in [-0.2, 0) is 12.3 Å². The van der Waals surface area contributed by atoms with Crippen LogP contribution >= 0.6 is 11.8 Å². The Kier molecular flexibility index (Phi) is 6.14. The van der Waals surface area contributed by atoms with E-state index >= 15 is 0 Å². The lowest BCUT2D eigenvalue weighted by molar-refractivity contribution is 0.0945. The smallest absolute Gasteiger partial charge is 0.274 e. The van der Waals surface area contributed by atoms with Gasteiger partial charge in [0.2, 0.25) is 0 Å². The molecule has 4 aromatic rings. The van der Waals surface area contributed by atoms with E-state index in [0.29, 0.717) is 28.8 Å². The molecule has 2 aromatic heterocycles. The summed E-state index contributed by atoms with van der Waals surface area (Å²) < 4.78 is 1.70. The molecule has 0 bridgehead atoms. The van der Waals surface area contributed by atoms with Crippen molar-refractivity contribution in [3.63, 3.8) is 0 Å². The SMILES string of the molecule is Cc1ccc(-n2nnc(C(=O)NCc3ccccc3)c2CSc2ncccn2)cc1. The summed E-state index contributed by atoms with van der Waals surface area (Å²) in [5.74, 6) is 0.195. The number of benzene rings is 2. The van der Waals surface area contributed by atoms with Gasteiger partial charge < -0.3 is 5.32 Å². The fourth-order valence-electron chi connectivity index (χ4n) is 2.86.